The highest BCUT2D eigenvalue weighted by atomic mass is 35.5. The Kier molecular flexibility index (Phi) is 20.8. The number of piperazine rings is 2. The highest BCUT2D eigenvalue weighted by Crippen LogP contribution is 2.30. The fraction of sp³-hybridized carbons (Fsp3) is 0.595. The van der Waals surface area contributed by atoms with Gasteiger partial charge in [-0.25, -0.2) is 22.4 Å². The Morgan fingerprint density at radius 3 is 1.56 bits per heavy atom. The monoisotopic (exact) mass is 950 g/mol. The van der Waals surface area contributed by atoms with E-state index in [1.54, 1.807) is 17.0 Å². The molecule has 6 rings (SSSR count). The molecule has 12 nitrogen and oxygen atoms in total. The minimum Gasteiger partial charge on any atom is -0.444 e. The second-order valence-electron chi connectivity index (χ2n) is 15.9. The normalized spacial score (nSPS) is 15.3. The predicted octanol–water partition coefficient (Wildman–Crippen LogP) is 10.4. The molecule has 2 aliphatic heterocycles. The molecule has 62 heavy (non-hydrogen) atoms. The number of ketones is 2. The van der Waals surface area contributed by atoms with Crippen LogP contribution in [0.25, 0.3) is 21.3 Å². The molecule has 2 saturated heterocycles. The van der Waals surface area contributed by atoms with Gasteiger partial charge >= 0.3 is 6.09 Å². The van der Waals surface area contributed by atoms with E-state index in [2.05, 4.69) is 20.5 Å². The number of aromatic nitrogens is 2. The van der Waals surface area contributed by atoms with Crippen molar-refractivity contribution in [3.05, 3.63) is 58.5 Å². The number of halogens is 6. The lowest BCUT2D eigenvalue weighted by molar-refractivity contribution is -0.0305. The van der Waals surface area contributed by atoms with Gasteiger partial charge in [0.25, 0.3) is 0 Å². The molecule has 0 saturated carbocycles. The summed E-state index contributed by atoms with van der Waals surface area (Å²) >= 11 is 12.5. The van der Waals surface area contributed by atoms with Crippen LogP contribution in [0.5, 0.6) is 0 Å². The summed E-state index contributed by atoms with van der Waals surface area (Å²) in [5.41, 5.74) is -0.181. The zero-order valence-corrected chi connectivity index (χ0v) is 38.5. The van der Waals surface area contributed by atoms with Crippen LogP contribution in [-0.4, -0.2) is 131 Å². The summed E-state index contributed by atoms with van der Waals surface area (Å²) in [5.74, 6) is -5.11. The highest BCUT2D eigenvalue weighted by Gasteiger charge is 2.32. The van der Waals surface area contributed by atoms with Crippen molar-refractivity contribution in [2.75, 3.05) is 70.8 Å². The topological polar surface area (TPSA) is 134 Å². The largest absolute Gasteiger partial charge is 0.444 e. The van der Waals surface area contributed by atoms with Gasteiger partial charge in [0.05, 0.1) is 15.1 Å². The molecular weight excluding hydrogens is 896 g/mol. The summed E-state index contributed by atoms with van der Waals surface area (Å²) in [6.45, 7) is 11.4. The van der Waals surface area contributed by atoms with Crippen molar-refractivity contribution in [3.63, 3.8) is 0 Å². The number of nitrogens with zero attached hydrogens (tertiary/aromatic N) is 5. The summed E-state index contributed by atoms with van der Waals surface area (Å²) < 4.78 is 72.5. The van der Waals surface area contributed by atoms with E-state index in [9.17, 15) is 31.9 Å². The van der Waals surface area contributed by atoms with Crippen LogP contribution in [0, 0.1) is 0 Å². The number of ether oxygens (including phenoxy) is 1. The van der Waals surface area contributed by atoms with E-state index in [1.165, 1.54) is 22.7 Å². The van der Waals surface area contributed by atoms with Crippen molar-refractivity contribution in [1.29, 1.82) is 0 Å². The van der Waals surface area contributed by atoms with Crippen LogP contribution in [0.1, 0.15) is 93.1 Å². The molecule has 6 heterocycles. The quantitative estimate of drug-likeness (QED) is 0.0580. The van der Waals surface area contributed by atoms with Gasteiger partial charge in [-0.3, -0.25) is 14.5 Å². The third-order valence-corrected chi connectivity index (χ3v) is 11.6. The van der Waals surface area contributed by atoms with E-state index < -0.39 is 17.4 Å². The van der Waals surface area contributed by atoms with Crippen LogP contribution < -0.4 is 5.32 Å². The Labute approximate surface area is 378 Å². The van der Waals surface area contributed by atoms with Crippen molar-refractivity contribution in [2.45, 2.75) is 89.6 Å². The van der Waals surface area contributed by atoms with Crippen LogP contribution in [0.2, 0.25) is 0 Å². The van der Waals surface area contributed by atoms with Crippen LogP contribution >= 0.6 is 45.9 Å². The number of carbonyl (C=O) groups excluding carboxylic acids is 3. The molecule has 344 valence electrons. The molecule has 1 amide bonds. The van der Waals surface area contributed by atoms with Crippen molar-refractivity contribution >= 4 is 63.5 Å². The average Bonchev–Trinajstić information content (AvgIpc) is 4.08. The molecule has 0 atom stereocenters. The zero-order chi connectivity index (χ0) is 45.2. The van der Waals surface area contributed by atoms with Gasteiger partial charge in [-0.05, 0) is 56.5 Å². The van der Waals surface area contributed by atoms with E-state index in [1.807, 2.05) is 60.7 Å². The van der Waals surface area contributed by atoms with Gasteiger partial charge in [0, 0.05) is 116 Å². The summed E-state index contributed by atoms with van der Waals surface area (Å²) in [6.07, 6.45) is -1.15. The maximum absolute atomic E-state index is 14.4. The lowest BCUT2D eigenvalue weighted by atomic mass is 10.0. The molecule has 0 aliphatic carbocycles. The van der Waals surface area contributed by atoms with Gasteiger partial charge in [0.1, 0.15) is 17.0 Å². The minimum absolute atomic E-state index is 0.000562. The van der Waals surface area contributed by atoms with E-state index in [4.69, 9.17) is 37.0 Å². The van der Waals surface area contributed by atoms with Gasteiger partial charge in [-0.2, -0.15) is 0 Å². The first-order valence-electron chi connectivity index (χ1n) is 20.6. The first kappa shape index (κ1) is 51.2. The van der Waals surface area contributed by atoms with Crippen LogP contribution in [-0.2, 0) is 4.74 Å². The van der Waals surface area contributed by atoms with Gasteiger partial charge in [0.15, 0.2) is 23.1 Å². The zero-order valence-electron chi connectivity index (χ0n) is 35.3. The number of amides is 1. The Bertz CT molecular complexity index is 1910. The van der Waals surface area contributed by atoms with Gasteiger partial charge < -0.3 is 28.9 Å². The van der Waals surface area contributed by atoms with Crippen LogP contribution in [0.15, 0.2) is 56.2 Å². The maximum atomic E-state index is 14.4. The van der Waals surface area contributed by atoms with E-state index in [-0.39, 0.29) is 92.3 Å². The number of Topliss-reactive ketones (excluding diaryl/α,β-unsaturated/α-hetero) is 2. The second-order valence-corrected chi connectivity index (χ2v) is 18.6. The summed E-state index contributed by atoms with van der Waals surface area (Å²) in [7, 11) is 0. The molecule has 0 spiro atoms. The molecule has 2 fully saturated rings. The molecule has 4 aromatic heterocycles. The highest BCUT2D eigenvalue weighted by molar-refractivity contribution is 7.13. The number of carbonyl (C=O) groups is 3. The molecule has 2 aliphatic rings. The third-order valence-electron chi connectivity index (χ3n) is 9.83. The van der Waals surface area contributed by atoms with Gasteiger partial charge in [0.2, 0.25) is 11.8 Å². The third kappa shape index (κ3) is 18.4. The number of hydrogen-bond acceptors (Lipinski definition) is 13. The molecule has 4 aromatic rings. The fourth-order valence-electron chi connectivity index (χ4n) is 6.46. The van der Waals surface area contributed by atoms with Crippen molar-refractivity contribution in [2.24, 2.45) is 0 Å². The number of hydrogen-bond donors (Lipinski definition) is 1. The Balaban J connectivity index is 0.000000262. The average molecular weight is 952 g/mol. The Hall–Kier alpha value is -3.39. The first-order chi connectivity index (χ1) is 29.5. The lowest BCUT2D eigenvalue weighted by Gasteiger charge is -2.36. The maximum Gasteiger partial charge on any atom is 0.410 e. The number of alkyl halides is 6. The molecular formula is C42H56Cl2F4N6O6S2. The smallest absolute Gasteiger partial charge is 0.410 e. The van der Waals surface area contributed by atoms with E-state index >= 15 is 0 Å². The molecule has 0 radical (unpaired) electrons. The molecule has 0 aromatic carbocycles. The molecule has 20 heteroatoms. The summed E-state index contributed by atoms with van der Waals surface area (Å²) in [4.78, 5) is 43.9. The molecule has 1 N–H and O–H groups in total. The second kappa shape index (κ2) is 25.2. The van der Waals surface area contributed by atoms with Crippen molar-refractivity contribution < 1.29 is 45.7 Å². The Morgan fingerprint density at radius 2 is 1.16 bits per heavy atom. The SMILES string of the molecule is CC(C)(C)OC(=O)N1CCN(CCC(F)(F)CCCC(=O)c2cc(-c3cccs3)on2)CC1.ClCCl.O=C(CCCC(F)(F)CCN1CCNCC1)c1cc(-c2cccs2)on1. The standard InChI is InChI=1S/C23H31F2N3O4S.C18H23F2N3O2S.CH2Cl2/c1-22(2,3)31-21(30)28-13-11-27(12-14-28)10-9-23(24,25)8-4-6-18(29)17-16-19(32-26-17)20-7-5-15-33-20;19-18(20,6-9-23-10-7-21-8-11-23)5-1-3-15(24)14-13-16(25-22-14)17-4-2-12-26-17;2-1-3/h5,7,15-16H,4,6,8-14H2,1-3H3;2,4,12-13,21H,1,3,5-11H2;1H2. The van der Waals surface area contributed by atoms with Crippen LogP contribution in [0.4, 0.5) is 22.4 Å². The summed E-state index contributed by atoms with van der Waals surface area (Å²) in [5, 5.41) is 14.7. The van der Waals surface area contributed by atoms with Crippen LogP contribution in [0.3, 0.4) is 0 Å². The van der Waals surface area contributed by atoms with Crippen molar-refractivity contribution in [1.82, 2.24) is 30.3 Å². The van der Waals surface area contributed by atoms with Crippen molar-refractivity contribution in [3.8, 4) is 21.3 Å². The number of rotatable bonds is 18. The first-order valence-corrected chi connectivity index (χ1v) is 23.4. The molecule has 0 unspecified atom stereocenters. The lowest BCUT2D eigenvalue weighted by Crippen LogP contribution is -2.50. The van der Waals surface area contributed by atoms with E-state index in [0.29, 0.717) is 44.2 Å². The molecule has 0 bridgehead atoms. The van der Waals surface area contributed by atoms with E-state index in [0.717, 1.165) is 35.9 Å². The number of nitrogens with one attached hydrogen (secondary N) is 1. The summed E-state index contributed by atoms with van der Waals surface area (Å²) in [6, 6.07) is 10.6. The predicted molar refractivity (Wildman–Crippen MR) is 235 cm³/mol. The van der Waals surface area contributed by atoms with Gasteiger partial charge in [-0.1, -0.05) is 22.4 Å². The van der Waals surface area contributed by atoms with Gasteiger partial charge in [-0.15, -0.1) is 45.9 Å². The minimum atomic E-state index is -2.85. The number of thiophene rings is 2. The fourth-order valence-corrected chi connectivity index (χ4v) is 7.81. The Morgan fingerprint density at radius 1 is 0.726 bits per heavy atom.